The molecule has 0 saturated heterocycles. The van der Waals surface area contributed by atoms with E-state index in [0.717, 1.165) is 6.07 Å². The van der Waals surface area contributed by atoms with Crippen molar-refractivity contribution < 1.29 is 23.0 Å². The lowest BCUT2D eigenvalue weighted by Crippen LogP contribution is -2.04. The molecule has 0 aliphatic carbocycles. The standard InChI is InChI=1S/C15H14F3NO2/c1-2-21-14-5-9(3-4-13(14)20)8-19-12-7-10(16)6-11(17)15(12)18/h3-7,19-20H,2,8H2,1H3. The Morgan fingerprint density at radius 1 is 1.14 bits per heavy atom. The number of phenols is 1. The van der Waals surface area contributed by atoms with Crippen LogP contribution in [0.5, 0.6) is 11.5 Å². The van der Waals surface area contributed by atoms with Gasteiger partial charge in [-0.1, -0.05) is 6.07 Å². The predicted octanol–water partition coefficient (Wildman–Crippen LogP) is 3.82. The molecule has 2 aromatic carbocycles. The average molecular weight is 297 g/mol. The third-order valence-electron chi connectivity index (χ3n) is 2.80. The van der Waals surface area contributed by atoms with Crippen LogP contribution in [0.15, 0.2) is 30.3 Å². The van der Waals surface area contributed by atoms with Crippen molar-refractivity contribution in [3.63, 3.8) is 0 Å². The van der Waals surface area contributed by atoms with Gasteiger partial charge in [0.05, 0.1) is 12.3 Å². The SMILES string of the molecule is CCOc1cc(CNc2cc(F)cc(F)c2F)ccc1O. The second kappa shape index (κ2) is 6.39. The Balaban J connectivity index is 2.15. The van der Waals surface area contributed by atoms with Crippen LogP contribution in [0.2, 0.25) is 0 Å². The number of aromatic hydroxyl groups is 1. The zero-order valence-electron chi connectivity index (χ0n) is 11.3. The molecule has 2 aromatic rings. The second-order valence-corrected chi connectivity index (χ2v) is 4.34. The van der Waals surface area contributed by atoms with E-state index in [-0.39, 0.29) is 18.0 Å². The van der Waals surface area contributed by atoms with Gasteiger partial charge in [-0.2, -0.15) is 0 Å². The average Bonchev–Trinajstić information content (AvgIpc) is 2.44. The molecule has 0 heterocycles. The summed E-state index contributed by atoms with van der Waals surface area (Å²) in [5, 5.41) is 12.2. The maximum atomic E-state index is 13.5. The molecule has 112 valence electrons. The number of ether oxygens (including phenoxy) is 1. The van der Waals surface area contributed by atoms with Crippen molar-refractivity contribution in [3.05, 3.63) is 53.3 Å². The lowest BCUT2D eigenvalue weighted by atomic mass is 10.2. The summed E-state index contributed by atoms with van der Waals surface area (Å²) < 4.78 is 44.8. The van der Waals surface area contributed by atoms with E-state index in [2.05, 4.69) is 5.32 Å². The Labute approximate surface area is 120 Å². The maximum absolute atomic E-state index is 13.5. The number of benzene rings is 2. The van der Waals surface area contributed by atoms with E-state index in [0.29, 0.717) is 24.0 Å². The minimum absolute atomic E-state index is 0.0106. The number of nitrogens with one attached hydrogen (secondary N) is 1. The molecule has 0 spiro atoms. The molecule has 0 atom stereocenters. The van der Waals surface area contributed by atoms with E-state index in [4.69, 9.17) is 4.74 Å². The van der Waals surface area contributed by atoms with Gasteiger partial charge in [-0.15, -0.1) is 0 Å². The van der Waals surface area contributed by atoms with Gasteiger partial charge in [0.25, 0.3) is 0 Å². The lowest BCUT2D eigenvalue weighted by molar-refractivity contribution is 0.318. The fraction of sp³-hybridized carbons (Fsp3) is 0.200. The van der Waals surface area contributed by atoms with Crippen LogP contribution in [-0.2, 0) is 6.54 Å². The molecule has 2 N–H and O–H groups in total. The minimum atomic E-state index is -1.25. The first kappa shape index (κ1) is 15.0. The van der Waals surface area contributed by atoms with Crippen molar-refractivity contribution in [1.29, 1.82) is 0 Å². The third kappa shape index (κ3) is 3.59. The fourth-order valence-electron chi connectivity index (χ4n) is 1.82. The highest BCUT2D eigenvalue weighted by molar-refractivity contribution is 5.47. The molecule has 0 amide bonds. The van der Waals surface area contributed by atoms with Crippen molar-refractivity contribution in [2.24, 2.45) is 0 Å². The first-order valence-electron chi connectivity index (χ1n) is 6.34. The van der Waals surface area contributed by atoms with Crippen LogP contribution < -0.4 is 10.1 Å². The van der Waals surface area contributed by atoms with Gasteiger partial charge in [-0.25, -0.2) is 13.2 Å². The Bertz CT molecular complexity index is 647. The van der Waals surface area contributed by atoms with Crippen LogP contribution in [0.1, 0.15) is 12.5 Å². The molecule has 0 aromatic heterocycles. The summed E-state index contributed by atoms with van der Waals surface area (Å²) in [6.45, 7) is 2.28. The quantitative estimate of drug-likeness (QED) is 0.824. The van der Waals surface area contributed by atoms with Crippen molar-refractivity contribution in [1.82, 2.24) is 0 Å². The van der Waals surface area contributed by atoms with E-state index in [1.54, 1.807) is 19.1 Å². The monoisotopic (exact) mass is 297 g/mol. The van der Waals surface area contributed by atoms with Gasteiger partial charge >= 0.3 is 0 Å². The van der Waals surface area contributed by atoms with Gasteiger partial charge in [-0.3, -0.25) is 0 Å². The van der Waals surface area contributed by atoms with Gasteiger partial charge < -0.3 is 15.2 Å². The van der Waals surface area contributed by atoms with Crippen molar-refractivity contribution in [3.8, 4) is 11.5 Å². The van der Waals surface area contributed by atoms with E-state index in [1.165, 1.54) is 6.07 Å². The van der Waals surface area contributed by atoms with Crippen LogP contribution >= 0.6 is 0 Å². The highest BCUT2D eigenvalue weighted by Gasteiger charge is 2.11. The summed E-state index contributed by atoms with van der Waals surface area (Å²) in [4.78, 5) is 0. The Hall–Kier alpha value is -2.37. The molecule has 2 rings (SSSR count). The van der Waals surface area contributed by atoms with Gasteiger partial charge in [0.2, 0.25) is 0 Å². The Morgan fingerprint density at radius 2 is 1.90 bits per heavy atom. The summed E-state index contributed by atoms with van der Waals surface area (Å²) in [5.74, 6) is -2.97. The maximum Gasteiger partial charge on any atom is 0.182 e. The van der Waals surface area contributed by atoms with E-state index in [9.17, 15) is 18.3 Å². The van der Waals surface area contributed by atoms with E-state index < -0.39 is 17.5 Å². The Kier molecular flexibility index (Phi) is 4.57. The number of hydrogen-bond acceptors (Lipinski definition) is 3. The fourth-order valence-corrected chi connectivity index (χ4v) is 1.82. The number of hydrogen-bond donors (Lipinski definition) is 2. The first-order valence-corrected chi connectivity index (χ1v) is 6.34. The Morgan fingerprint density at radius 3 is 2.62 bits per heavy atom. The minimum Gasteiger partial charge on any atom is -0.504 e. The topological polar surface area (TPSA) is 41.5 Å². The van der Waals surface area contributed by atoms with Crippen molar-refractivity contribution in [2.45, 2.75) is 13.5 Å². The number of phenolic OH excluding ortho intramolecular Hbond substituents is 1. The van der Waals surface area contributed by atoms with Crippen LogP contribution in [0, 0.1) is 17.5 Å². The number of rotatable bonds is 5. The molecule has 0 saturated carbocycles. The molecular weight excluding hydrogens is 283 g/mol. The zero-order valence-corrected chi connectivity index (χ0v) is 11.3. The highest BCUT2D eigenvalue weighted by atomic mass is 19.2. The summed E-state index contributed by atoms with van der Waals surface area (Å²) in [7, 11) is 0. The van der Waals surface area contributed by atoms with Crippen LogP contribution in [-0.4, -0.2) is 11.7 Å². The second-order valence-electron chi connectivity index (χ2n) is 4.34. The van der Waals surface area contributed by atoms with Crippen molar-refractivity contribution >= 4 is 5.69 Å². The van der Waals surface area contributed by atoms with Gasteiger partial charge in [-0.05, 0) is 24.6 Å². The summed E-state index contributed by atoms with van der Waals surface area (Å²) in [6.07, 6.45) is 0. The number of anilines is 1. The highest BCUT2D eigenvalue weighted by Crippen LogP contribution is 2.27. The molecule has 0 radical (unpaired) electrons. The molecule has 0 aliphatic rings. The summed E-state index contributed by atoms with van der Waals surface area (Å²) >= 11 is 0. The van der Waals surface area contributed by atoms with Crippen molar-refractivity contribution in [2.75, 3.05) is 11.9 Å². The normalized spacial score (nSPS) is 10.5. The molecule has 0 unspecified atom stereocenters. The van der Waals surface area contributed by atoms with Gasteiger partial charge in [0.1, 0.15) is 5.82 Å². The first-order chi connectivity index (χ1) is 10.0. The van der Waals surface area contributed by atoms with E-state index >= 15 is 0 Å². The van der Waals surface area contributed by atoms with Crippen LogP contribution in [0.4, 0.5) is 18.9 Å². The lowest BCUT2D eigenvalue weighted by Gasteiger charge is -2.11. The summed E-state index contributed by atoms with van der Waals surface area (Å²) in [6, 6.07) is 5.96. The van der Waals surface area contributed by atoms with Gasteiger partial charge in [0.15, 0.2) is 23.1 Å². The molecule has 0 fully saturated rings. The molecule has 21 heavy (non-hydrogen) atoms. The third-order valence-corrected chi connectivity index (χ3v) is 2.80. The molecular formula is C15H14F3NO2. The van der Waals surface area contributed by atoms with Crippen LogP contribution in [0.3, 0.4) is 0 Å². The summed E-state index contributed by atoms with van der Waals surface area (Å²) in [5.41, 5.74) is 0.402. The molecule has 0 aliphatic heterocycles. The zero-order chi connectivity index (χ0) is 15.4. The van der Waals surface area contributed by atoms with E-state index in [1.807, 2.05) is 0 Å². The smallest absolute Gasteiger partial charge is 0.182 e. The number of halogens is 3. The molecule has 0 bridgehead atoms. The molecule has 3 nitrogen and oxygen atoms in total. The molecule has 6 heteroatoms. The predicted molar refractivity (Wildman–Crippen MR) is 72.9 cm³/mol. The van der Waals surface area contributed by atoms with Crippen LogP contribution in [0.25, 0.3) is 0 Å². The van der Waals surface area contributed by atoms with Gasteiger partial charge in [0, 0.05) is 18.7 Å². The largest absolute Gasteiger partial charge is 0.504 e.